The van der Waals surface area contributed by atoms with E-state index in [0.717, 1.165) is 11.3 Å². The van der Waals surface area contributed by atoms with Crippen LogP contribution in [0.4, 0.5) is 0 Å². The molecule has 0 N–H and O–H groups in total. The van der Waals surface area contributed by atoms with E-state index in [2.05, 4.69) is 4.98 Å². The van der Waals surface area contributed by atoms with Crippen LogP contribution in [0.2, 0.25) is 0 Å². The van der Waals surface area contributed by atoms with E-state index >= 15 is 0 Å². The molecule has 1 aliphatic rings. The lowest BCUT2D eigenvalue weighted by molar-refractivity contribution is -0.137. The number of nitrogens with zero attached hydrogens (tertiary/aromatic N) is 1. The van der Waals surface area contributed by atoms with Gasteiger partial charge >= 0.3 is 5.97 Å². The molecule has 0 aliphatic heterocycles. The molecule has 0 bridgehead atoms. The molecule has 0 spiro atoms. The highest BCUT2D eigenvalue weighted by Crippen LogP contribution is 2.38. The minimum atomic E-state index is -0.299. The van der Waals surface area contributed by atoms with Gasteiger partial charge in [0, 0.05) is 23.9 Å². The van der Waals surface area contributed by atoms with Gasteiger partial charge in [0.2, 0.25) is 0 Å². The maximum Gasteiger partial charge on any atom is 0.330 e. The van der Waals surface area contributed by atoms with E-state index in [1.807, 2.05) is 12.1 Å². The van der Waals surface area contributed by atoms with Gasteiger partial charge in [-0.15, -0.1) is 0 Å². The number of esters is 1. The third kappa shape index (κ3) is 2.92. The number of ether oxygens (including phenoxy) is 1. The fraction of sp³-hybridized carbons (Fsp3) is 0.385. The van der Waals surface area contributed by atoms with Crippen molar-refractivity contribution in [1.29, 1.82) is 0 Å². The second-order valence-corrected chi connectivity index (χ2v) is 3.87. The zero-order chi connectivity index (χ0) is 11.4. The van der Waals surface area contributed by atoms with E-state index in [-0.39, 0.29) is 5.97 Å². The number of aromatic nitrogens is 1. The molecule has 0 unspecified atom stereocenters. The second-order valence-electron chi connectivity index (χ2n) is 3.87. The molecule has 1 aromatic rings. The Hall–Kier alpha value is -1.64. The first kappa shape index (κ1) is 10.9. The molecular formula is C13H15NO2. The predicted octanol–water partition coefficient (Wildman–Crippen LogP) is 2.54. The highest BCUT2D eigenvalue weighted by Gasteiger charge is 2.24. The minimum absolute atomic E-state index is 0.299. The summed E-state index contributed by atoms with van der Waals surface area (Å²) in [4.78, 5) is 15.4. The largest absolute Gasteiger partial charge is 0.463 e. The predicted molar refractivity (Wildman–Crippen MR) is 61.9 cm³/mol. The Morgan fingerprint density at radius 2 is 2.44 bits per heavy atom. The molecule has 0 aromatic carbocycles. The lowest BCUT2D eigenvalue weighted by atomic mass is 10.1. The quantitative estimate of drug-likeness (QED) is 0.574. The van der Waals surface area contributed by atoms with E-state index in [1.165, 1.54) is 18.9 Å². The van der Waals surface area contributed by atoms with Crippen molar-refractivity contribution in [2.45, 2.75) is 25.7 Å². The monoisotopic (exact) mass is 217 g/mol. The van der Waals surface area contributed by atoms with Crippen molar-refractivity contribution < 1.29 is 9.53 Å². The SMILES string of the molecule is CCOC(=O)C=Cc1ccnc(C2CC2)c1. The molecule has 0 radical (unpaired) electrons. The van der Waals surface area contributed by atoms with E-state index in [9.17, 15) is 4.79 Å². The maximum atomic E-state index is 11.1. The zero-order valence-electron chi connectivity index (χ0n) is 9.35. The van der Waals surface area contributed by atoms with E-state index in [4.69, 9.17) is 4.74 Å². The topological polar surface area (TPSA) is 39.2 Å². The lowest BCUT2D eigenvalue weighted by Crippen LogP contribution is -1.98. The first-order chi connectivity index (χ1) is 7.79. The summed E-state index contributed by atoms with van der Waals surface area (Å²) in [6.07, 6.45) is 7.48. The summed E-state index contributed by atoms with van der Waals surface area (Å²) in [5.41, 5.74) is 2.14. The Morgan fingerprint density at radius 1 is 1.62 bits per heavy atom. The summed E-state index contributed by atoms with van der Waals surface area (Å²) in [7, 11) is 0. The summed E-state index contributed by atoms with van der Waals surface area (Å²) >= 11 is 0. The van der Waals surface area contributed by atoms with Gasteiger partial charge in [0.15, 0.2) is 0 Å². The third-order valence-corrected chi connectivity index (χ3v) is 2.50. The summed E-state index contributed by atoms with van der Waals surface area (Å²) in [5.74, 6) is 0.336. The van der Waals surface area contributed by atoms with Crippen LogP contribution in [0.1, 0.15) is 36.9 Å². The Kier molecular flexibility index (Phi) is 3.34. The number of rotatable bonds is 4. The minimum Gasteiger partial charge on any atom is -0.463 e. The van der Waals surface area contributed by atoms with Gasteiger partial charge in [-0.1, -0.05) is 0 Å². The van der Waals surface area contributed by atoms with Gasteiger partial charge in [0.25, 0.3) is 0 Å². The van der Waals surface area contributed by atoms with Crippen molar-refractivity contribution in [2.75, 3.05) is 6.61 Å². The van der Waals surface area contributed by atoms with Gasteiger partial charge in [-0.2, -0.15) is 0 Å². The fourth-order valence-corrected chi connectivity index (χ4v) is 1.53. The first-order valence-corrected chi connectivity index (χ1v) is 5.60. The van der Waals surface area contributed by atoms with Crippen molar-refractivity contribution >= 4 is 12.0 Å². The molecule has 0 saturated heterocycles. The Balaban J connectivity index is 2.03. The number of carbonyl (C=O) groups is 1. The Labute approximate surface area is 95.2 Å². The summed E-state index contributed by atoms with van der Waals surface area (Å²) in [6, 6.07) is 3.93. The summed E-state index contributed by atoms with van der Waals surface area (Å²) in [5, 5.41) is 0. The molecule has 2 rings (SSSR count). The van der Waals surface area contributed by atoms with Crippen molar-refractivity contribution in [2.24, 2.45) is 0 Å². The standard InChI is InChI=1S/C13H15NO2/c1-2-16-13(15)6-3-10-7-8-14-12(9-10)11-4-5-11/h3,6-9,11H,2,4-5H2,1H3. The molecule has 1 fully saturated rings. The molecule has 84 valence electrons. The van der Waals surface area contributed by atoms with Crippen LogP contribution >= 0.6 is 0 Å². The van der Waals surface area contributed by atoms with Gasteiger partial charge in [0.05, 0.1) is 6.61 Å². The maximum absolute atomic E-state index is 11.1. The molecule has 0 amide bonds. The molecule has 1 saturated carbocycles. The first-order valence-electron chi connectivity index (χ1n) is 5.60. The van der Waals surface area contributed by atoms with Crippen LogP contribution in [-0.4, -0.2) is 17.6 Å². The van der Waals surface area contributed by atoms with Gasteiger partial charge in [-0.3, -0.25) is 4.98 Å². The molecule has 3 nitrogen and oxygen atoms in total. The molecule has 1 heterocycles. The van der Waals surface area contributed by atoms with Gasteiger partial charge < -0.3 is 4.74 Å². The fourth-order valence-electron chi connectivity index (χ4n) is 1.53. The van der Waals surface area contributed by atoms with Crippen LogP contribution in [0.25, 0.3) is 6.08 Å². The number of pyridine rings is 1. The van der Waals surface area contributed by atoms with E-state index in [1.54, 1.807) is 19.2 Å². The zero-order valence-corrected chi connectivity index (χ0v) is 9.35. The molecule has 1 aliphatic carbocycles. The Morgan fingerprint density at radius 3 is 3.12 bits per heavy atom. The second kappa shape index (κ2) is 4.92. The number of hydrogen-bond donors (Lipinski definition) is 0. The highest BCUT2D eigenvalue weighted by atomic mass is 16.5. The smallest absolute Gasteiger partial charge is 0.330 e. The van der Waals surface area contributed by atoms with Crippen molar-refractivity contribution in [1.82, 2.24) is 4.98 Å². The number of carbonyl (C=O) groups excluding carboxylic acids is 1. The lowest BCUT2D eigenvalue weighted by Gasteiger charge is -1.99. The van der Waals surface area contributed by atoms with Crippen LogP contribution in [0.5, 0.6) is 0 Å². The van der Waals surface area contributed by atoms with Crippen LogP contribution in [0.3, 0.4) is 0 Å². The van der Waals surface area contributed by atoms with Crippen LogP contribution < -0.4 is 0 Å². The van der Waals surface area contributed by atoms with Gasteiger partial charge in [-0.05, 0) is 43.5 Å². The number of hydrogen-bond acceptors (Lipinski definition) is 3. The average molecular weight is 217 g/mol. The molecule has 1 aromatic heterocycles. The molecule has 3 heteroatoms. The van der Waals surface area contributed by atoms with Crippen molar-refractivity contribution in [3.05, 3.63) is 35.7 Å². The van der Waals surface area contributed by atoms with Crippen LogP contribution in [0, 0.1) is 0 Å². The molecule has 16 heavy (non-hydrogen) atoms. The highest BCUT2D eigenvalue weighted by molar-refractivity contribution is 5.87. The van der Waals surface area contributed by atoms with E-state index in [0.29, 0.717) is 12.5 Å². The Bertz CT molecular complexity index is 408. The third-order valence-electron chi connectivity index (χ3n) is 2.50. The van der Waals surface area contributed by atoms with Crippen LogP contribution in [-0.2, 0) is 9.53 Å². The normalized spacial score (nSPS) is 15.3. The molecular weight excluding hydrogens is 202 g/mol. The summed E-state index contributed by atoms with van der Waals surface area (Å²) in [6.45, 7) is 2.20. The van der Waals surface area contributed by atoms with Crippen molar-refractivity contribution in [3.8, 4) is 0 Å². The van der Waals surface area contributed by atoms with Crippen molar-refractivity contribution in [3.63, 3.8) is 0 Å². The summed E-state index contributed by atoms with van der Waals surface area (Å²) < 4.78 is 4.81. The van der Waals surface area contributed by atoms with E-state index < -0.39 is 0 Å². The van der Waals surface area contributed by atoms with Gasteiger partial charge in [-0.25, -0.2) is 4.79 Å². The van der Waals surface area contributed by atoms with Crippen LogP contribution in [0.15, 0.2) is 24.4 Å². The van der Waals surface area contributed by atoms with Gasteiger partial charge in [0.1, 0.15) is 0 Å². The molecule has 0 atom stereocenters. The average Bonchev–Trinajstić information content (AvgIpc) is 3.11.